The lowest BCUT2D eigenvalue weighted by Gasteiger charge is -2.16. The van der Waals surface area contributed by atoms with Crippen molar-refractivity contribution in [1.29, 1.82) is 0 Å². The van der Waals surface area contributed by atoms with Crippen molar-refractivity contribution in [3.63, 3.8) is 0 Å². The predicted molar refractivity (Wildman–Crippen MR) is 137 cm³/mol. The van der Waals surface area contributed by atoms with Gasteiger partial charge < -0.3 is 20.6 Å². The molecule has 35 heavy (non-hydrogen) atoms. The van der Waals surface area contributed by atoms with Crippen molar-refractivity contribution in [3.8, 4) is 0 Å². The molecule has 0 radical (unpaired) electrons. The van der Waals surface area contributed by atoms with Gasteiger partial charge in [0.15, 0.2) is 0 Å². The molecule has 0 unspecified atom stereocenters. The summed E-state index contributed by atoms with van der Waals surface area (Å²) in [6.45, 7) is 0.943. The van der Waals surface area contributed by atoms with E-state index in [0.29, 0.717) is 28.9 Å². The van der Waals surface area contributed by atoms with Gasteiger partial charge in [-0.25, -0.2) is 4.39 Å². The fraction of sp³-hybridized carbons (Fsp3) is 0.214. The van der Waals surface area contributed by atoms with Gasteiger partial charge in [-0.2, -0.15) is 0 Å². The number of carboxylic acids is 1. The maximum absolute atomic E-state index is 13.8. The summed E-state index contributed by atoms with van der Waals surface area (Å²) in [7, 11) is 4.07. The zero-order valence-corrected chi connectivity index (χ0v) is 19.8. The van der Waals surface area contributed by atoms with E-state index >= 15 is 0 Å². The molecule has 6 nitrogen and oxygen atoms in total. The number of anilines is 2. The number of halogens is 1. The van der Waals surface area contributed by atoms with E-state index in [1.807, 2.05) is 50.5 Å². The second-order valence-electron chi connectivity index (χ2n) is 8.86. The van der Waals surface area contributed by atoms with Gasteiger partial charge >= 0.3 is 5.97 Å². The number of hydrogen-bond acceptors (Lipinski definition) is 4. The van der Waals surface area contributed by atoms with Gasteiger partial charge in [-0.05, 0) is 80.0 Å². The number of aryl methyl sites for hydroxylation is 1. The van der Waals surface area contributed by atoms with Crippen LogP contribution in [-0.4, -0.2) is 42.5 Å². The molecule has 7 heteroatoms. The summed E-state index contributed by atoms with van der Waals surface area (Å²) in [5.41, 5.74) is 5.61. The van der Waals surface area contributed by atoms with Crippen molar-refractivity contribution in [3.05, 3.63) is 94.8 Å². The molecule has 3 aromatic rings. The van der Waals surface area contributed by atoms with E-state index < -0.39 is 11.8 Å². The minimum atomic E-state index is -0.868. The molecule has 0 saturated carbocycles. The van der Waals surface area contributed by atoms with E-state index in [1.165, 1.54) is 17.7 Å². The van der Waals surface area contributed by atoms with Gasteiger partial charge in [-0.15, -0.1) is 0 Å². The molecule has 0 spiro atoms. The third kappa shape index (κ3) is 5.94. The number of fused-ring (bicyclic) bond motifs is 1. The first-order valence-corrected chi connectivity index (χ1v) is 11.5. The molecule has 1 amide bonds. The van der Waals surface area contributed by atoms with E-state index in [4.69, 9.17) is 5.11 Å². The number of carbonyl (C=O) groups is 2. The zero-order valence-electron chi connectivity index (χ0n) is 19.8. The van der Waals surface area contributed by atoms with Crippen molar-refractivity contribution in [1.82, 2.24) is 4.90 Å². The van der Waals surface area contributed by atoms with Crippen LogP contribution in [-0.2, 0) is 22.4 Å². The third-order valence-corrected chi connectivity index (χ3v) is 5.89. The third-order valence-electron chi connectivity index (χ3n) is 5.89. The molecule has 0 saturated heterocycles. The van der Waals surface area contributed by atoms with E-state index in [0.717, 1.165) is 29.8 Å². The SMILES string of the molecule is CN(C)CCc1ccc(NC(=C2C(=O)Nc3cc(F)ccc32)c2cccc(CCC(=O)O)c2)cc1. The number of carboxylic acid groups (broad SMARTS) is 1. The topological polar surface area (TPSA) is 81.7 Å². The van der Waals surface area contributed by atoms with Crippen LogP contribution in [0.5, 0.6) is 0 Å². The molecular weight excluding hydrogens is 445 g/mol. The zero-order chi connectivity index (χ0) is 24.9. The van der Waals surface area contributed by atoms with Gasteiger partial charge in [0.05, 0.1) is 17.0 Å². The van der Waals surface area contributed by atoms with Crippen LogP contribution in [0.15, 0.2) is 66.7 Å². The van der Waals surface area contributed by atoms with Crippen LogP contribution in [0, 0.1) is 5.82 Å². The average Bonchev–Trinajstić information content (AvgIpc) is 3.15. The summed E-state index contributed by atoms with van der Waals surface area (Å²) in [5.74, 6) is -1.62. The highest BCUT2D eigenvalue weighted by atomic mass is 19.1. The largest absolute Gasteiger partial charge is 0.481 e. The van der Waals surface area contributed by atoms with Crippen LogP contribution in [0.3, 0.4) is 0 Å². The quantitative estimate of drug-likeness (QED) is 0.386. The van der Waals surface area contributed by atoms with E-state index in [1.54, 1.807) is 6.07 Å². The van der Waals surface area contributed by atoms with Crippen molar-refractivity contribution >= 4 is 34.5 Å². The van der Waals surface area contributed by atoms with Gasteiger partial charge in [0.2, 0.25) is 0 Å². The number of benzene rings is 3. The molecule has 3 N–H and O–H groups in total. The first-order chi connectivity index (χ1) is 16.8. The monoisotopic (exact) mass is 473 g/mol. The Kier molecular flexibility index (Phi) is 7.27. The Morgan fingerprint density at radius 3 is 2.49 bits per heavy atom. The first-order valence-electron chi connectivity index (χ1n) is 11.5. The summed E-state index contributed by atoms with van der Waals surface area (Å²) in [4.78, 5) is 26.2. The van der Waals surface area contributed by atoms with Crippen molar-refractivity contribution in [2.75, 3.05) is 31.3 Å². The summed E-state index contributed by atoms with van der Waals surface area (Å²) < 4.78 is 13.8. The minimum absolute atomic E-state index is 0.0137. The maximum Gasteiger partial charge on any atom is 0.303 e. The molecule has 0 aliphatic carbocycles. The van der Waals surface area contributed by atoms with Crippen LogP contribution < -0.4 is 10.6 Å². The van der Waals surface area contributed by atoms with E-state index in [2.05, 4.69) is 27.7 Å². The second-order valence-corrected chi connectivity index (χ2v) is 8.86. The lowest BCUT2D eigenvalue weighted by molar-refractivity contribution is -0.137. The average molecular weight is 474 g/mol. The van der Waals surface area contributed by atoms with Gasteiger partial charge in [0.25, 0.3) is 5.91 Å². The van der Waals surface area contributed by atoms with Gasteiger partial charge in [-0.1, -0.05) is 30.3 Å². The Bertz CT molecular complexity index is 1280. The predicted octanol–water partition coefficient (Wildman–Crippen LogP) is 4.88. The Balaban J connectivity index is 1.75. The highest BCUT2D eigenvalue weighted by Crippen LogP contribution is 2.38. The number of nitrogens with one attached hydrogen (secondary N) is 2. The summed E-state index contributed by atoms with van der Waals surface area (Å²) >= 11 is 0. The normalized spacial score (nSPS) is 14.0. The molecule has 1 aliphatic heterocycles. The van der Waals surface area contributed by atoms with E-state index in [-0.39, 0.29) is 12.3 Å². The van der Waals surface area contributed by atoms with Gasteiger partial charge in [-0.3, -0.25) is 9.59 Å². The number of rotatable bonds is 9. The molecule has 0 atom stereocenters. The number of likely N-dealkylation sites (N-methyl/N-ethyl adjacent to an activating group) is 1. The van der Waals surface area contributed by atoms with Crippen LogP contribution in [0.25, 0.3) is 11.3 Å². The number of amides is 1. The Morgan fingerprint density at radius 1 is 1.00 bits per heavy atom. The smallest absolute Gasteiger partial charge is 0.303 e. The minimum Gasteiger partial charge on any atom is -0.481 e. The van der Waals surface area contributed by atoms with Crippen molar-refractivity contribution in [2.45, 2.75) is 19.3 Å². The molecule has 180 valence electrons. The molecule has 4 rings (SSSR count). The number of carbonyl (C=O) groups excluding carboxylic acids is 1. The molecule has 0 fully saturated rings. The summed E-state index contributed by atoms with van der Waals surface area (Å²) in [6, 6.07) is 19.8. The standard InChI is InChI=1S/C28H28FN3O3/c1-32(2)15-14-18-6-10-22(11-7-18)30-27(20-5-3-4-19(16-20)8-13-25(33)34)26-23-12-9-21(29)17-24(23)31-28(26)35/h3-7,9-12,16-17,30H,8,13-15H2,1-2H3,(H,31,35)(H,33,34). The van der Waals surface area contributed by atoms with Crippen molar-refractivity contribution in [2.24, 2.45) is 0 Å². The maximum atomic E-state index is 13.8. The lowest BCUT2D eigenvalue weighted by Crippen LogP contribution is -2.15. The lowest BCUT2D eigenvalue weighted by atomic mass is 9.97. The van der Waals surface area contributed by atoms with Crippen LogP contribution in [0.2, 0.25) is 0 Å². The molecule has 3 aromatic carbocycles. The molecule has 1 aliphatic rings. The van der Waals surface area contributed by atoms with E-state index in [9.17, 15) is 14.0 Å². The first kappa shape index (κ1) is 24.2. The highest BCUT2D eigenvalue weighted by Gasteiger charge is 2.29. The van der Waals surface area contributed by atoms with Crippen molar-refractivity contribution < 1.29 is 19.1 Å². The fourth-order valence-electron chi connectivity index (χ4n) is 4.06. The number of aliphatic carboxylic acids is 1. The molecular formula is C28H28FN3O3. The van der Waals surface area contributed by atoms with Crippen LogP contribution in [0.4, 0.5) is 15.8 Å². The summed E-state index contributed by atoms with van der Waals surface area (Å²) in [5, 5.41) is 15.2. The van der Waals surface area contributed by atoms with Crippen LogP contribution >= 0.6 is 0 Å². The second kappa shape index (κ2) is 10.5. The Hall–Kier alpha value is -3.97. The Morgan fingerprint density at radius 2 is 1.77 bits per heavy atom. The number of nitrogens with zero attached hydrogens (tertiary/aromatic N) is 1. The molecule has 0 aromatic heterocycles. The van der Waals surface area contributed by atoms with Gasteiger partial charge in [0.1, 0.15) is 5.82 Å². The number of hydrogen-bond donors (Lipinski definition) is 3. The Labute approximate surface area is 204 Å². The summed E-state index contributed by atoms with van der Waals surface area (Å²) in [6.07, 6.45) is 1.31. The fourth-order valence-corrected chi connectivity index (χ4v) is 4.06. The highest BCUT2D eigenvalue weighted by molar-refractivity contribution is 6.37. The van der Waals surface area contributed by atoms with Crippen LogP contribution in [0.1, 0.15) is 28.7 Å². The molecule has 1 heterocycles. The molecule has 0 bridgehead atoms. The van der Waals surface area contributed by atoms with Gasteiger partial charge in [0, 0.05) is 24.2 Å².